The molecule has 2 amide bonds. The number of carbonyl (C=O) groups is 2. The molecule has 0 aromatic heterocycles. The fourth-order valence-electron chi connectivity index (χ4n) is 3.03. The lowest BCUT2D eigenvalue weighted by molar-refractivity contribution is -0.141. The lowest BCUT2D eigenvalue weighted by Crippen LogP contribution is -2.55. The highest BCUT2D eigenvalue weighted by molar-refractivity contribution is 5.75. The number of rotatable bonds is 3. The zero-order chi connectivity index (χ0) is 14.7. The minimum absolute atomic E-state index is 0.0146. The summed E-state index contributed by atoms with van der Waals surface area (Å²) in [5, 5.41) is 12.0. The molecule has 4 atom stereocenters. The predicted molar refractivity (Wildman–Crippen MR) is 73.5 cm³/mol. The number of hydrogen-bond donors (Lipinski definition) is 2. The summed E-state index contributed by atoms with van der Waals surface area (Å²) in [6.45, 7) is 5.18. The van der Waals surface area contributed by atoms with Crippen LogP contribution in [0.25, 0.3) is 0 Å². The summed E-state index contributed by atoms with van der Waals surface area (Å²) in [7, 11) is 0. The molecule has 6 nitrogen and oxygen atoms in total. The molecule has 0 aromatic carbocycles. The quantitative estimate of drug-likeness (QED) is 0.822. The summed E-state index contributed by atoms with van der Waals surface area (Å²) in [6, 6.07) is 0.0187. The van der Waals surface area contributed by atoms with E-state index in [0.29, 0.717) is 26.0 Å². The van der Waals surface area contributed by atoms with E-state index < -0.39 is 5.97 Å². The maximum absolute atomic E-state index is 12.4. The van der Waals surface area contributed by atoms with Gasteiger partial charge in [-0.15, -0.1) is 0 Å². The van der Waals surface area contributed by atoms with Gasteiger partial charge in [0.1, 0.15) is 0 Å². The minimum atomic E-state index is -0.756. The molecule has 6 heteroatoms. The number of ether oxygens (including phenoxy) is 1. The van der Waals surface area contributed by atoms with E-state index in [1.807, 2.05) is 18.7 Å². The Balaban J connectivity index is 1.89. The molecule has 1 heterocycles. The number of carbonyl (C=O) groups excluding carboxylic acids is 1. The molecule has 2 unspecified atom stereocenters. The number of hydrogen-bond acceptors (Lipinski definition) is 3. The van der Waals surface area contributed by atoms with Crippen LogP contribution in [0.15, 0.2) is 0 Å². The molecule has 1 aliphatic carbocycles. The second-order valence-corrected chi connectivity index (χ2v) is 5.85. The zero-order valence-corrected chi connectivity index (χ0v) is 12.2. The number of urea groups is 1. The number of amides is 2. The molecule has 114 valence electrons. The molecule has 2 N–H and O–H groups in total. The molecule has 1 aliphatic heterocycles. The lowest BCUT2D eigenvalue weighted by Gasteiger charge is -2.38. The van der Waals surface area contributed by atoms with E-state index in [2.05, 4.69) is 5.32 Å². The van der Waals surface area contributed by atoms with Gasteiger partial charge in [0, 0.05) is 12.6 Å². The van der Waals surface area contributed by atoms with Crippen molar-refractivity contribution in [1.29, 1.82) is 0 Å². The maximum Gasteiger partial charge on any atom is 0.318 e. The first kappa shape index (κ1) is 15.1. The number of carboxylic acids is 1. The molecule has 0 spiro atoms. The van der Waals surface area contributed by atoms with E-state index >= 15 is 0 Å². The van der Waals surface area contributed by atoms with Gasteiger partial charge in [-0.05, 0) is 32.6 Å². The topological polar surface area (TPSA) is 78.9 Å². The smallest absolute Gasteiger partial charge is 0.318 e. The Morgan fingerprint density at radius 3 is 2.75 bits per heavy atom. The van der Waals surface area contributed by atoms with E-state index in [4.69, 9.17) is 9.84 Å². The first-order valence-corrected chi connectivity index (χ1v) is 7.42. The van der Waals surface area contributed by atoms with Crippen LogP contribution in [0.4, 0.5) is 4.79 Å². The highest BCUT2D eigenvalue weighted by Crippen LogP contribution is 2.26. The first-order valence-electron chi connectivity index (χ1n) is 7.42. The van der Waals surface area contributed by atoms with E-state index in [-0.39, 0.29) is 30.1 Å². The Labute approximate surface area is 119 Å². The van der Waals surface area contributed by atoms with Crippen molar-refractivity contribution >= 4 is 12.0 Å². The van der Waals surface area contributed by atoms with Gasteiger partial charge in [0.05, 0.1) is 24.7 Å². The number of nitrogens with one attached hydrogen (secondary N) is 1. The number of morpholine rings is 1. The predicted octanol–water partition coefficient (Wildman–Crippen LogP) is 1.45. The van der Waals surface area contributed by atoms with Crippen LogP contribution in [0, 0.1) is 5.92 Å². The van der Waals surface area contributed by atoms with Gasteiger partial charge < -0.3 is 20.1 Å². The Bertz CT molecular complexity index is 374. The van der Waals surface area contributed by atoms with Gasteiger partial charge >= 0.3 is 12.0 Å². The van der Waals surface area contributed by atoms with Gasteiger partial charge in [0.25, 0.3) is 0 Å². The molecule has 0 bridgehead atoms. The molecule has 20 heavy (non-hydrogen) atoms. The van der Waals surface area contributed by atoms with Crippen LogP contribution in [-0.4, -0.2) is 53.3 Å². The molecular formula is C14H24N2O4. The van der Waals surface area contributed by atoms with Crippen molar-refractivity contribution in [2.45, 2.75) is 57.7 Å². The summed E-state index contributed by atoms with van der Waals surface area (Å²) in [5.41, 5.74) is 0. The molecule has 2 rings (SSSR count). The first-order chi connectivity index (χ1) is 9.51. The van der Waals surface area contributed by atoms with Crippen molar-refractivity contribution in [3.63, 3.8) is 0 Å². The standard InChI is InChI=1S/C14H24N2O4/c1-3-12-8-20-9(2)7-16(12)14(19)15-11-5-4-10(6-11)13(17)18/h9-12H,3-8H2,1-2H3,(H,15,19)(H,17,18)/t9?,10-,11+,12?/m1/s1. The molecular weight excluding hydrogens is 260 g/mol. The van der Waals surface area contributed by atoms with Crippen LogP contribution in [-0.2, 0) is 9.53 Å². The van der Waals surface area contributed by atoms with Crippen LogP contribution in [0.1, 0.15) is 39.5 Å². The molecule has 1 saturated heterocycles. The SMILES string of the molecule is CCC1COC(C)CN1C(=O)N[C@H]1CC[C@@H](C(=O)O)C1. The average molecular weight is 284 g/mol. The molecule has 2 fully saturated rings. The van der Waals surface area contributed by atoms with Gasteiger partial charge in [-0.1, -0.05) is 6.92 Å². The third kappa shape index (κ3) is 3.42. The highest BCUT2D eigenvalue weighted by atomic mass is 16.5. The van der Waals surface area contributed by atoms with Crippen molar-refractivity contribution < 1.29 is 19.4 Å². The Kier molecular flexibility index (Phi) is 4.86. The van der Waals surface area contributed by atoms with E-state index in [1.165, 1.54) is 0 Å². The van der Waals surface area contributed by atoms with Crippen molar-refractivity contribution in [2.75, 3.05) is 13.2 Å². The van der Waals surface area contributed by atoms with Crippen molar-refractivity contribution in [3.05, 3.63) is 0 Å². The summed E-state index contributed by atoms with van der Waals surface area (Å²) >= 11 is 0. The van der Waals surface area contributed by atoms with E-state index in [1.54, 1.807) is 0 Å². The van der Waals surface area contributed by atoms with Gasteiger partial charge in [-0.25, -0.2) is 4.79 Å². The van der Waals surface area contributed by atoms with Gasteiger partial charge in [-0.2, -0.15) is 0 Å². The van der Waals surface area contributed by atoms with Gasteiger partial charge in [-0.3, -0.25) is 4.79 Å². The largest absolute Gasteiger partial charge is 0.481 e. The third-order valence-electron chi connectivity index (χ3n) is 4.31. The highest BCUT2D eigenvalue weighted by Gasteiger charge is 2.34. The van der Waals surface area contributed by atoms with Gasteiger partial charge in [0.15, 0.2) is 0 Å². The van der Waals surface area contributed by atoms with Crippen molar-refractivity contribution in [3.8, 4) is 0 Å². The normalized spacial score (nSPS) is 34.0. The second-order valence-electron chi connectivity index (χ2n) is 5.85. The molecule has 0 radical (unpaired) electrons. The summed E-state index contributed by atoms with van der Waals surface area (Å²) in [6.07, 6.45) is 2.86. The Hall–Kier alpha value is -1.30. The molecule has 0 aromatic rings. The Morgan fingerprint density at radius 2 is 2.15 bits per heavy atom. The van der Waals surface area contributed by atoms with E-state index in [0.717, 1.165) is 12.8 Å². The van der Waals surface area contributed by atoms with Crippen LogP contribution in [0.3, 0.4) is 0 Å². The monoisotopic (exact) mass is 284 g/mol. The fraction of sp³-hybridized carbons (Fsp3) is 0.857. The van der Waals surface area contributed by atoms with Crippen LogP contribution >= 0.6 is 0 Å². The minimum Gasteiger partial charge on any atom is -0.481 e. The summed E-state index contributed by atoms with van der Waals surface area (Å²) < 4.78 is 5.58. The number of aliphatic carboxylic acids is 1. The van der Waals surface area contributed by atoms with Crippen LogP contribution < -0.4 is 5.32 Å². The van der Waals surface area contributed by atoms with Crippen molar-refractivity contribution in [2.24, 2.45) is 5.92 Å². The summed E-state index contributed by atoms with van der Waals surface area (Å²) in [4.78, 5) is 25.1. The third-order valence-corrected chi connectivity index (χ3v) is 4.31. The van der Waals surface area contributed by atoms with Crippen molar-refractivity contribution in [1.82, 2.24) is 10.2 Å². The fourth-order valence-corrected chi connectivity index (χ4v) is 3.03. The van der Waals surface area contributed by atoms with E-state index in [9.17, 15) is 9.59 Å². The van der Waals surface area contributed by atoms with Crippen LogP contribution in [0.2, 0.25) is 0 Å². The lowest BCUT2D eigenvalue weighted by atomic mass is 10.1. The average Bonchev–Trinajstić information content (AvgIpc) is 2.87. The van der Waals surface area contributed by atoms with Gasteiger partial charge in [0.2, 0.25) is 0 Å². The van der Waals surface area contributed by atoms with Crippen LogP contribution in [0.5, 0.6) is 0 Å². The summed E-state index contributed by atoms with van der Waals surface area (Å²) in [5.74, 6) is -1.07. The molecule has 1 saturated carbocycles. The second kappa shape index (κ2) is 6.43. The Morgan fingerprint density at radius 1 is 1.40 bits per heavy atom. The number of nitrogens with zero attached hydrogens (tertiary/aromatic N) is 1. The maximum atomic E-state index is 12.4. The zero-order valence-electron chi connectivity index (χ0n) is 12.2. The molecule has 2 aliphatic rings. The number of carboxylic acid groups (broad SMARTS) is 1.